The topological polar surface area (TPSA) is 110 Å². The van der Waals surface area contributed by atoms with Crippen LogP contribution in [0.4, 0.5) is 24.7 Å². The molecule has 8 nitrogen and oxygen atoms in total. The van der Waals surface area contributed by atoms with Crippen molar-refractivity contribution in [3.8, 4) is 5.69 Å². The van der Waals surface area contributed by atoms with Crippen molar-refractivity contribution in [1.29, 1.82) is 0 Å². The van der Waals surface area contributed by atoms with Gasteiger partial charge >= 0.3 is 17.2 Å². The lowest BCUT2D eigenvalue weighted by atomic mass is 10.3. The number of thioether (sulfide) groups is 1. The first-order valence-corrected chi connectivity index (χ1v) is 8.00. The highest BCUT2D eigenvalue weighted by Gasteiger charge is 2.31. The average Bonchev–Trinajstić information content (AvgIpc) is 2.86. The quantitative estimate of drug-likeness (QED) is 0.401. The van der Waals surface area contributed by atoms with E-state index in [1.807, 2.05) is 0 Å². The summed E-state index contributed by atoms with van der Waals surface area (Å²) in [7, 11) is 0. The van der Waals surface area contributed by atoms with Crippen molar-refractivity contribution in [2.45, 2.75) is 10.4 Å². The van der Waals surface area contributed by atoms with E-state index in [-0.39, 0.29) is 26.4 Å². The van der Waals surface area contributed by atoms with Crippen LogP contribution in [0.5, 0.6) is 0 Å². The predicted octanol–water partition coefficient (Wildman–Crippen LogP) is 4.20. The summed E-state index contributed by atoms with van der Waals surface area (Å²) in [4.78, 5) is 20.7. The molecule has 2 N–H and O–H groups in total. The van der Waals surface area contributed by atoms with Crippen molar-refractivity contribution < 1.29 is 28.0 Å². The van der Waals surface area contributed by atoms with Crippen LogP contribution in [-0.4, -0.2) is 37.8 Å². The monoisotopic (exact) mass is 430 g/mol. The molecule has 0 unspecified atom stereocenters. The van der Waals surface area contributed by atoms with Crippen molar-refractivity contribution in [2.75, 3.05) is 11.9 Å². The number of halogens is 5. The molecule has 1 aromatic heterocycles. The molecule has 26 heavy (non-hydrogen) atoms. The van der Waals surface area contributed by atoms with Crippen molar-refractivity contribution in [3.63, 3.8) is 0 Å². The van der Waals surface area contributed by atoms with Crippen molar-refractivity contribution >= 4 is 52.4 Å². The molecule has 0 radical (unpaired) electrons. The Hall–Kier alpha value is -2.18. The van der Waals surface area contributed by atoms with Gasteiger partial charge in [-0.1, -0.05) is 23.2 Å². The summed E-state index contributed by atoms with van der Waals surface area (Å²) in [6.45, 7) is -0.677. The van der Waals surface area contributed by atoms with Crippen LogP contribution >= 0.6 is 35.0 Å². The Morgan fingerprint density at radius 1 is 1.38 bits per heavy atom. The molecule has 14 heteroatoms. The van der Waals surface area contributed by atoms with Gasteiger partial charge in [-0.2, -0.15) is 18.3 Å². The minimum Gasteiger partial charge on any atom is -0.480 e. The van der Waals surface area contributed by atoms with E-state index in [1.54, 1.807) is 0 Å². The number of carboxylic acids is 1. The highest BCUT2D eigenvalue weighted by Crippen LogP contribution is 2.42. The van der Waals surface area contributed by atoms with Crippen LogP contribution in [0.15, 0.2) is 23.2 Å². The summed E-state index contributed by atoms with van der Waals surface area (Å²) in [6.07, 6.45) is 0.829. The first-order valence-electron chi connectivity index (χ1n) is 6.43. The van der Waals surface area contributed by atoms with E-state index in [1.165, 1.54) is 0 Å². The Bertz CT molecular complexity index is 852. The molecule has 0 fully saturated rings. The van der Waals surface area contributed by atoms with E-state index in [9.17, 15) is 28.1 Å². The van der Waals surface area contributed by atoms with Gasteiger partial charge < -0.3 is 10.4 Å². The lowest BCUT2D eigenvalue weighted by Gasteiger charge is -2.13. The number of anilines is 1. The van der Waals surface area contributed by atoms with Crippen LogP contribution in [0.1, 0.15) is 0 Å². The second-order valence-electron chi connectivity index (χ2n) is 4.58. The maximum Gasteiger partial charge on any atom is 0.446 e. The second kappa shape index (κ2) is 7.60. The standard InChI is InChI=1S/C12H7Cl2F3N4O4S/c13-6-1-5(26-12(15,16)17)2-7(14)10(6)20-11(18-4-9(22)23)8(3-19-20)21(24)25/h1-3,18H,4H2,(H,22,23). The fourth-order valence-corrected chi connectivity index (χ4v) is 3.30. The molecule has 0 atom stereocenters. The molecule has 0 saturated heterocycles. The number of aromatic nitrogens is 2. The Labute approximate surface area is 157 Å². The molecule has 2 aromatic rings. The molecule has 1 heterocycles. The minimum absolute atomic E-state index is 0.138. The van der Waals surface area contributed by atoms with E-state index in [4.69, 9.17) is 28.3 Å². The number of hydrogen-bond acceptors (Lipinski definition) is 6. The van der Waals surface area contributed by atoms with Gasteiger partial charge in [-0.15, -0.1) is 0 Å². The maximum absolute atomic E-state index is 12.5. The average molecular weight is 431 g/mol. The van der Waals surface area contributed by atoms with Gasteiger partial charge in [0.15, 0.2) is 0 Å². The Morgan fingerprint density at radius 3 is 2.42 bits per heavy atom. The second-order valence-corrected chi connectivity index (χ2v) is 6.53. The number of nitro groups is 1. The molecule has 0 saturated carbocycles. The summed E-state index contributed by atoms with van der Waals surface area (Å²) in [5.74, 6) is -1.64. The number of benzene rings is 1. The van der Waals surface area contributed by atoms with Gasteiger partial charge in [0.05, 0.1) is 15.0 Å². The molecule has 0 aliphatic heterocycles. The lowest BCUT2D eigenvalue weighted by molar-refractivity contribution is -0.384. The predicted molar refractivity (Wildman–Crippen MR) is 88.3 cm³/mol. The normalized spacial score (nSPS) is 11.4. The first-order chi connectivity index (χ1) is 12.0. The number of aliphatic carboxylic acids is 1. The smallest absolute Gasteiger partial charge is 0.446 e. The van der Waals surface area contributed by atoms with Gasteiger partial charge in [0.1, 0.15) is 18.4 Å². The Morgan fingerprint density at radius 2 is 1.96 bits per heavy atom. The van der Waals surface area contributed by atoms with Crippen LogP contribution in [0.2, 0.25) is 10.0 Å². The van der Waals surface area contributed by atoms with Crippen LogP contribution < -0.4 is 5.32 Å². The summed E-state index contributed by atoms with van der Waals surface area (Å²) < 4.78 is 38.3. The number of rotatable bonds is 6. The van der Waals surface area contributed by atoms with E-state index < -0.39 is 40.4 Å². The molecule has 0 bridgehead atoms. The third-order valence-electron chi connectivity index (χ3n) is 2.79. The summed E-state index contributed by atoms with van der Waals surface area (Å²) in [5.41, 5.74) is -5.26. The van der Waals surface area contributed by atoms with Gasteiger partial charge in [0.2, 0.25) is 5.82 Å². The summed E-state index contributed by atoms with van der Waals surface area (Å²) >= 11 is 11.5. The van der Waals surface area contributed by atoms with Crippen molar-refractivity contribution in [3.05, 3.63) is 38.5 Å². The highest BCUT2D eigenvalue weighted by molar-refractivity contribution is 8.00. The number of nitrogens with zero attached hydrogens (tertiary/aromatic N) is 3. The van der Waals surface area contributed by atoms with Gasteiger partial charge in [0.25, 0.3) is 0 Å². The van der Waals surface area contributed by atoms with Crippen molar-refractivity contribution in [2.24, 2.45) is 0 Å². The SMILES string of the molecule is O=C(O)CNc1c([N+](=O)[O-])cnn1-c1c(Cl)cc(SC(F)(F)F)cc1Cl. The fourth-order valence-electron chi connectivity index (χ4n) is 1.90. The zero-order valence-electron chi connectivity index (χ0n) is 12.3. The fraction of sp³-hybridized carbons (Fsp3) is 0.167. The largest absolute Gasteiger partial charge is 0.480 e. The van der Waals surface area contributed by atoms with Crippen LogP contribution in [0.25, 0.3) is 5.69 Å². The molecule has 140 valence electrons. The van der Waals surface area contributed by atoms with E-state index in [2.05, 4.69) is 10.4 Å². The van der Waals surface area contributed by atoms with E-state index in [0.29, 0.717) is 0 Å². The summed E-state index contributed by atoms with van der Waals surface area (Å²) in [6, 6.07) is 1.94. The van der Waals surface area contributed by atoms with E-state index >= 15 is 0 Å². The number of alkyl halides is 3. The van der Waals surface area contributed by atoms with Crippen LogP contribution in [-0.2, 0) is 4.79 Å². The first kappa shape index (κ1) is 20.1. The molecule has 0 aliphatic rings. The highest BCUT2D eigenvalue weighted by atomic mass is 35.5. The number of carbonyl (C=O) groups is 1. The maximum atomic E-state index is 12.5. The van der Waals surface area contributed by atoms with Gasteiger partial charge in [-0.25, -0.2) is 4.68 Å². The third-order valence-corrected chi connectivity index (χ3v) is 4.07. The Kier molecular flexibility index (Phi) is 5.88. The molecular weight excluding hydrogens is 424 g/mol. The molecule has 1 aromatic carbocycles. The van der Waals surface area contributed by atoms with Crippen LogP contribution in [0, 0.1) is 10.1 Å². The minimum atomic E-state index is -4.56. The lowest BCUT2D eigenvalue weighted by Crippen LogP contribution is -2.16. The third kappa shape index (κ3) is 4.71. The van der Waals surface area contributed by atoms with E-state index in [0.717, 1.165) is 23.0 Å². The molecule has 0 amide bonds. The number of carboxylic acid groups (broad SMARTS) is 1. The van der Waals surface area contributed by atoms with Crippen molar-refractivity contribution in [1.82, 2.24) is 9.78 Å². The zero-order chi connectivity index (χ0) is 19.6. The number of nitrogens with one attached hydrogen (secondary N) is 1. The zero-order valence-corrected chi connectivity index (χ0v) is 14.6. The van der Waals surface area contributed by atoms with Gasteiger partial charge in [0, 0.05) is 4.90 Å². The van der Waals surface area contributed by atoms with Crippen LogP contribution in [0.3, 0.4) is 0 Å². The molecule has 0 spiro atoms. The molecular formula is C12H7Cl2F3N4O4S. The molecule has 0 aliphatic carbocycles. The summed E-state index contributed by atoms with van der Waals surface area (Å²) in [5, 5.41) is 25.3. The Balaban J connectivity index is 2.54. The van der Waals surface area contributed by atoms with Gasteiger partial charge in [-0.3, -0.25) is 14.9 Å². The molecule has 2 rings (SSSR count). The number of hydrogen-bond donors (Lipinski definition) is 2. The van der Waals surface area contributed by atoms with Gasteiger partial charge in [-0.05, 0) is 23.9 Å².